The van der Waals surface area contributed by atoms with E-state index in [4.69, 9.17) is 5.11 Å². The Labute approximate surface area is 127 Å². The van der Waals surface area contributed by atoms with Gasteiger partial charge in [0.1, 0.15) is 0 Å². The van der Waals surface area contributed by atoms with Gasteiger partial charge in [-0.25, -0.2) is 4.79 Å². The molecule has 2 atom stereocenters. The van der Waals surface area contributed by atoms with Gasteiger partial charge in [-0.05, 0) is 45.2 Å². The number of nitrogens with zero attached hydrogens (tertiary/aromatic N) is 1. The number of urea groups is 1. The van der Waals surface area contributed by atoms with Crippen LogP contribution in [0.25, 0.3) is 0 Å². The number of hydrogen-bond donors (Lipinski definition) is 3. The van der Waals surface area contributed by atoms with Crippen LogP contribution in [0.2, 0.25) is 0 Å². The summed E-state index contributed by atoms with van der Waals surface area (Å²) in [6, 6.07) is -0.0425. The van der Waals surface area contributed by atoms with E-state index in [1.54, 1.807) is 0 Å². The lowest BCUT2D eigenvalue weighted by Gasteiger charge is -2.29. The second-order valence-electron chi connectivity index (χ2n) is 6.15. The van der Waals surface area contributed by atoms with E-state index in [2.05, 4.69) is 15.5 Å². The van der Waals surface area contributed by atoms with E-state index >= 15 is 0 Å². The number of carboxylic acids is 1. The molecule has 0 aromatic carbocycles. The fourth-order valence-corrected chi connectivity index (χ4v) is 2.59. The standard InChI is InChI=1S/C15H29N3O3/c1-12(6-7-14(19)20)10-16-15(21)17-13(2)11-18-8-4-3-5-9-18/h12-13H,3-11H2,1-2H3,(H,19,20)(H2,16,17,21). The Kier molecular flexibility index (Phi) is 8.12. The van der Waals surface area contributed by atoms with Crippen LogP contribution in [0.5, 0.6) is 0 Å². The molecule has 2 unspecified atom stereocenters. The first kappa shape index (κ1) is 17.8. The summed E-state index contributed by atoms with van der Waals surface area (Å²) in [5, 5.41) is 14.4. The van der Waals surface area contributed by atoms with Crippen molar-refractivity contribution in [2.24, 2.45) is 5.92 Å². The van der Waals surface area contributed by atoms with Gasteiger partial charge in [-0.3, -0.25) is 4.79 Å². The first-order valence-electron chi connectivity index (χ1n) is 7.96. The zero-order valence-corrected chi connectivity index (χ0v) is 13.2. The van der Waals surface area contributed by atoms with Crippen molar-refractivity contribution in [2.75, 3.05) is 26.2 Å². The quantitative estimate of drug-likeness (QED) is 0.636. The van der Waals surface area contributed by atoms with E-state index in [1.165, 1.54) is 19.3 Å². The minimum atomic E-state index is -0.790. The van der Waals surface area contributed by atoms with Gasteiger partial charge in [0, 0.05) is 25.6 Å². The molecular weight excluding hydrogens is 270 g/mol. The van der Waals surface area contributed by atoms with E-state index in [9.17, 15) is 9.59 Å². The zero-order chi connectivity index (χ0) is 15.7. The summed E-state index contributed by atoms with van der Waals surface area (Å²) < 4.78 is 0. The molecule has 3 N–H and O–H groups in total. The average Bonchev–Trinajstić information content (AvgIpc) is 2.43. The average molecular weight is 299 g/mol. The van der Waals surface area contributed by atoms with Crippen LogP contribution in [-0.2, 0) is 4.79 Å². The molecule has 1 saturated heterocycles. The van der Waals surface area contributed by atoms with Crippen LogP contribution in [0, 0.1) is 5.92 Å². The van der Waals surface area contributed by atoms with Crippen LogP contribution in [0.3, 0.4) is 0 Å². The van der Waals surface area contributed by atoms with Crippen molar-refractivity contribution in [1.29, 1.82) is 0 Å². The largest absolute Gasteiger partial charge is 0.481 e. The SMILES string of the molecule is CC(CCC(=O)O)CNC(=O)NC(C)CN1CCCCC1. The Morgan fingerprint density at radius 1 is 1.19 bits per heavy atom. The van der Waals surface area contributed by atoms with Gasteiger partial charge in [0.15, 0.2) is 0 Å². The van der Waals surface area contributed by atoms with Gasteiger partial charge in [-0.1, -0.05) is 13.3 Å². The Balaban J connectivity index is 2.12. The maximum Gasteiger partial charge on any atom is 0.315 e. The highest BCUT2D eigenvalue weighted by Crippen LogP contribution is 2.08. The molecule has 0 aromatic heterocycles. The topological polar surface area (TPSA) is 81.7 Å². The van der Waals surface area contributed by atoms with E-state index < -0.39 is 5.97 Å². The number of carbonyl (C=O) groups is 2. The molecule has 1 aliphatic rings. The zero-order valence-electron chi connectivity index (χ0n) is 13.2. The van der Waals surface area contributed by atoms with Gasteiger partial charge in [0.2, 0.25) is 0 Å². The number of likely N-dealkylation sites (tertiary alicyclic amines) is 1. The number of hydrogen-bond acceptors (Lipinski definition) is 3. The first-order valence-corrected chi connectivity index (χ1v) is 7.96. The third-order valence-electron chi connectivity index (χ3n) is 3.82. The Hall–Kier alpha value is -1.30. The molecule has 0 aromatic rings. The van der Waals surface area contributed by atoms with Crippen molar-refractivity contribution >= 4 is 12.0 Å². The minimum absolute atomic E-state index is 0.123. The number of carbonyl (C=O) groups excluding carboxylic acids is 1. The summed E-state index contributed by atoms with van der Waals surface area (Å²) in [6.45, 7) is 7.61. The molecular formula is C15H29N3O3. The van der Waals surface area contributed by atoms with Gasteiger partial charge in [-0.15, -0.1) is 0 Å². The number of nitrogens with one attached hydrogen (secondary N) is 2. The van der Waals surface area contributed by atoms with E-state index in [0.29, 0.717) is 13.0 Å². The minimum Gasteiger partial charge on any atom is -0.481 e. The predicted molar refractivity (Wildman–Crippen MR) is 82.3 cm³/mol. The lowest BCUT2D eigenvalue weighted by atomic mass is 10.1. The van der Waals surface area contributed by atoms with Crippen LogP contribution in [0.15, 0.2) is 0 Å². The Morgan fingerprint density at radius 3 is 2.48 bits per heavy atom. The van der Waals surface area contributed by atoms with Gasteiger partial charge < -0.3 is 20.6 Å². The highest BCUT2D eigenvalue weighted by Gasteiger charge is 2.15. The third kappa shape index (κ3) is 8.55. The van der Waals surface area contributed by atoms with Crippen molar-refractivity contribution < 1.29 is 14.7 Å². The molecule has 2 amide bonds. The van der Waals surface area contributed by atoms with Gasteiger partial charge >= 0.3 is 12.0 Å². The molecule has 0 radical (unpaired) electrons. The molecule has 0 saturated carbocycles. The normalized spacial score (nSPS) is 18.8. The molecule has 6 heteroatoms. The molecule has 1 heterocycles. The van der Waals surface area contributed by atoms with Crippen LogP contribution in [0.4, 0.5) is 4.79 Å². The lowest BCUT2D eigenvalue weighted by Crippen LogP contribution is -2.47. The molecule has 1 rings (SSSR count). The maximum atomic E-state index is 11.8. The van der Waals surface area contributed by atoms with Gasteiger partial charge in [-0.2, -0.15) is 0 Å². The molecule has 0 spiro atoms. The Bertz CT molecular complexity index is 330. The molecule has 0 aliphatic carbocycles. The highest BCUT2D eigenvalue weighted by atomic mass is 16.4. The molecule has 21 heavy (non-hydrogen) atoms. The fraction of sp³-hybridized carbons (Fsp3) is 0.867. The third-order valence-corrected chi connectivity index (χ3v) is 3.82. The smallest absolute Gasteiger partial charge is 0.315 e. The fourth-order valence-electron chi connectivity index (χ4n) is 2.59. The number of rotatable bonds is 8. The van der Waals surface area contributed by atoms with Crippen molar-refractivity contribution in [3.63, 3.8) is 0 Å². The predicted octanol–water partition coefficient (Wildman–Crippen LogP) is 1.66. The summed E-state index contributed by atoms with van der Waals surface area (Å²) in [7, 11) is 0. The number of aliphatic carboxylic acids is 1. The molecule has 122 valence electrons. The summed E-state index contributed by atoms with van der Waals surface area (Å²) in [4.78, 5) is 24.6. The summed E-state index contributed by atoms with van der Waals surface area (Å²) in [5.41, 5.74) is 0. The van der Waals surface area contributed by atoms with Gasteiger partial charge in [0.25, 0.3) is 0 Å². The van der Waals surface area contributed by atoms with Crippen molar-refractivity contribution in [3.05, 3.63) is 0 Å². The monoisotopic (exact) mass is 299 g/mol. The lowest BCUT2D eigenvalue weighted by molar-refractivity contribution is -0.137. The molecule has 1 aliphatic heterocycles. The Morgan fingerprint density at radius 2 is 1.86 bits per heavy atom. The summed E-state index contributed by atoms with van der Waals surface area (Å²) in [5.74, 6) is -0.620. The van der Waals surface area contributed by atoms with E-state index in [0.717, 1.165) is 19.6 Å². The van der Waals surface area contributed by atoms with E-state index in [1.807, 2.05) is 13.8 Å². The number of carboxylic acid groups (broad SMARTS) is 1. The summed E-state index contributed by atoms with van der Waals surface area (Å²) >= 11 is 0. The number of amides is 2. The van der Waals surface area contributed by atoms with Crippen LogP contribution >= 0.6 is 0 Å². The van der Waals surface area contributed by atoms with Crippen molar-refractivity contribution in [1.82, 2.24) is 15.5 Å². The number of piperidine rings is 1. The van der Waals surface area contributed by atoms with Crippen molar-refractivity contribution in [2.45, 2.75) is 52.0 Å². The van der Waals surface area contributed by atoms with Crippen LogP contribution < -0.4 is 10.6 Å². The van der Waals surface area contributed by atoms with Crippen molar-refractivity contribution in [3.8, 4) is 0 Å². The molecule has 6 nitrogen and oxygen atoms in total. The van der Waals surface area contributed by atoms with Crippen LogP contribution in [0.1, 0.15) is 46.0 Å². The first-order chi connectivity index (χ1) is 9.97. The maximum absolute atomic E-state index is 11.8. The second kappa shape index (κ2) is 9.60. The molecule has 0 bridgehead atoms. The highest BCUT2D eigenvalue weighted by molar-refractivity contribution is 5.74. The summed E-state index contributed by atoms with van der Waals surface area (Å²) in [6.07, 6.45) is 4.54. The van der Waals surface area contributed by atoms with E-state index in [-0.39, 0.29) is 24.4 Å². The van der Waals surface area contributed by atoms with Gasteiger partial charge in [0.05, 0.1) is 0 Å². The van der Waals surface area contributed by atoms with Crippen LogP contribution in [-0.4, -0.2) is 54.2 Å². The second-order valence-corrected chi connectivity index (χ2v) is 6.15. The molecule has 1 fully saturated rings.